The van der Waals surface area contributed by atoms with E-state index in [1.165, 1.54) is 43.4 Å². The Morgan fingerprint density at radius 1 is 1.21 bits per heavy atom. The Bertz CT molecular complexity index is 468. The molecule has 19 heavy (non-hydrogen) atoms. The molecule has 0 spiro atoms. The van der Waals surface area contributed by atoms with Gasteiger partial charge < -0.3 is 4.90 Å². The Hall–Kier alpha value is 0.130. The number of piperidine rings is 1. The first-order chi connectivity index (χ1) is 9.15. The van der Waals surface area contributed by atoms with Crippen LogP contribution < -0.4 is 0 Å². The number of fused-ring (bicyclic) bond motifs is 1. The molecule has 2 unspecified atom stereocenters. The minimum absolute atomic E-state index is 0.209. The normalized spacial score (nSPS) is 27.2. The van der Waals surface area contributed by atoms with Gasteiger partial charge in [0.1, 0.15) is 0 Å². The molecule has 3 rings (SSSR count). The zero-order valence-electron chi connectivity index (χ0n) is 10.7. The zero-order chi connectivity index (χ0) is 13.4. The predicted molar refractivity (Wildman–Crippen MR) is 85.7 cm³/mol. The van der Waals surface area contributed by atoms with Gasteiger partial charge in [0.25, 0.3) is 5.91 Å². The second-order valence-electron chi connectivity index (χ2n) is 5.58. The highest BCUT2D eigenvalue weighted by Crippen LogP contribution is 2.38. The lowest BCUT2D eigenvalue weighted by molar-refractivity contribution is 0.0525. The summed E-state index contributed by atoms with van der Waals surface area (Å²) >= 11 is 8.45. The lowest BCUT2D eigenvalue weighted by Gasteiger charge is -2.41. The maximum atomic E-state index is 12.5. The molecular weight excluding hydrogens is 390 g/mol. The highest BCUT2D eigenvalue weighted by Gasteiger charge is 2.33. The Labute approximate surface area is 134 Å². The third-order valence-corrected chi connectivity index (χ3v) is 7.68. The summed E-state index contributed by atoms with van der Waals surface area (Å²) in [5.74, 6) is 1.83. The molecule has 1 amide bonds. The SMILES string of the molecule is O=C(c1cc(Br)c(Br)s1)N1CCC2CCCCC2C1. The molecule has 1 aromatic heterocycles. The Morgan fingerprint density at radius 2 is 1.95 bits per heavy atom. The second-order valence-corrected chi connectivity index (χ2v) is 8.80. The molecule has 0 radical (unpaired) electrons. The lowest BCUT2D eigenvalue weighted by atomic mass is 9.75. The van der Waals surface area contributed by atoms with Gasteiger partial charge in [0.05, 0.1) is 8.66 Å². The van der Waals surface area contributed by atoms with Crippen LogP contribution in [0.5, 0.6) is 0 Å². The average molecular weight is 407 g/mol. The molecule has 2 heterocycles. The first-order valence-corrected chi connectivity index (χ1v) is 9.29. The number of hydrogen-bond acceptors (Lipinski definition) is 2. The van der Waals surface area contributed by atoms with Gasteiger partial charge in [0.15, 0.2) is 0 Å². The first kappa shape index (κ1) is 14.1. The van der Waals surface area contributed by atoms with E-state index in [-0.39, 0.29) is 5.91 Å². The van der Waals surface area contributed by atoms with E-state index in [1.54, 1.807) is 0 Å². The number of carbonyl (C=O) groups excluding carboxylic acids is 1. The van der Waals surface area contributed by atoms with Gasteiger partial charge in [0.2, 0.25) is 0 Å². The van der Waals surface area contributed by atoms with Crippen LogP contribution in [0.25, 0.3) is 0 Å². The van der Waals surface area contributed by atoms with Crippen molar-refractivity contribution in [2.45, 2.75) is 32.1 Å². The molecule has 1 saturated carbocycles. The number of halogens is 2. The molecule has 0 bridgehead atoms. The predicted octanol–water partition coefficient (Wildman–Crippen LogP) is 4.93. The maximum absolute atomic E-state index is 12.5. The molecule has 0 N–H and O–H groups in total. The van der Waals surface area contributed by atoms with E-state index < -0.39 is 0 Å². The number of amides is 1. The summed E-state index contributed by atoms with van der Waals surface area (Å²) in [6, 6.07) is 1.93. The molecule has 1 aliphatic heterocycles. The number of rotatable bonds is 1. The Kier molecular flexibility index (Phi) is 4.34. The number of nitrogens with zero attached hydrogens (tertiary/aromatic N) is 1. The molecule has 2 fully saturated rings. The molecule has 2 nitrogen and oxygen atoms in total. The topological polar surface area (TPSA) is 20.3 Å². The van der Waals surface area contributed by atoms with Crippen LogP contribution in [-0.2, 0) is 0 Å². The van der Waals surface area contributed by atoms with Gasteiger partial charge in [-0.2, -0.15) is 0 Å². The highest BCUT2D eigenvalue weighted by molar-refractivity contribution is 9.13. The van der Waals surface area contributed by atoms with E-state index in [9.17, 15) is 4.79 Å². The van der Waals surface area contributed by atoms with Crippen molar-refractivity contribution in [3.8, 4) is 0 Å². The summed E-state index contributed by atoms with van der Waals surface area (Å²) in [6.07, 6.45) is 6.62. The summed E-state index contributed by atoms with van der Waals surface area (Å²) in [5.41, 5.74) is 0. The van der Waals surface area contributed by atoms with E-state index in [0.717, 1.165) is 38.1 Å². The standard InChI is InChI=1S/C14H17Br2NOS/c15-11-7-12(19-13(11)16)14(18)17-6-5-9-3-1-2-4-10(9)8-17/h7,9-10H,1-6,8H2. The van der Waals surface area contributed by atoms with Gasteiger partial charge >= 0.3 is 0 Å². The fourth-order valence-electron chi connectivity index (χ4n) is 3.39. The second kappa shape index (κ2) is 5.86. The van der Waals surface area contributed by atoms with Gasteiger partial charge in [0, 0.05) is 17.6 Å². The zero-order valence-corrected chi connectivity index (χ0v) is 14.7. The summed E-state index contributed by atoms with van der Waals surface area (Å²) in [7, 11) is 0. The van der Waals surface area contributed by atoms with E-state index in [1.807, 2.05) is 6.07 Å². The lowest BCUT2D eigenvalue weighted by Crippen LogP contribution is -2.44. The Balaban J connectivity index is 1.70. The van der Waals surface area contributed by atoms with Crippen molar-refractivity contribution >= 4 is 49.1 Å². The van der Waals surface area contributed by atoms with Crippen LogP contribution in [-0.4, -0.2) is 23.9 Å². The van der Waals surface area contributed by atoms with Crippen LogP contribution in [0, 0.1) is 11.8 Å². The van der Waals surface area contributed by atoms with Crippen molar-refractivity contribution in [1.82, 2.24) is 4.90 Å². The molecule has 1 aromatic rings. The van der Waals surface area contributed by atoms with Crippen molar-refractivity contribution in [3.63, 3.8) is 0 Å². The van der Waals surface area contributed by atoms with Crippen molar-refractivity contribution in [3.05, 3.63) is 19.2 Å². The molecule has 2 atom stereocenters. The van der Waals surface area contributed by atoms with Crippen LogP contribution >= 0.6 is 43.2 Å². The summed E-state index contributed by atoms with van der Waals surface area (Å²) in [5, 5.41) is 0. The molecule has 104 valence electrons. The number of hydrogen-bond donors (Lipinski definition) is 0. The summed E-state index contributed by atoms with van der Waals surface area (Å²) in [4.78, 5) is 15.4. The molecule has 1 aliphatic carbocycles. The molecule has 5 heteroatoms. The van der Waals surface area contributed by atoms with E-state index >= 15 is 0 Å². The summed E-state index contributed by atoms with van der Waals surface area (Å²) in [6.45, 7) is 1.91. The highest BCUT2D eigenvalue weighted by atomic mass is 79.9. The van der Waals surface area contributed by atoms with Crippen LogP contribution in [0.2, 0.25) is 0 Å². The Morgan fingerprint density at radius 3 is 2.63 bits per heavy atom. The van der Waals surface area contributed by atoms with Crippen LogP contribution in [0.4, 0.5) is 0 Å². The minimum Gasteiger partial charge on any atom is -0.338 e. The quantitative estimate of drug-likeness (QED) is 0.647. The van der Waals surface area contributed by atoms with Crippen molar-refractivity contribution < 1.29 is 4.79 Å². The van der Waals surface area contributed by atoms with Gasteiger partial charge in [-0.3, -0.25) is 4.79 Å². The average Bonchev–Trinajstić information content (AvgIpc) is 2.77. The van der Waals surface area contributed by atoms with Gasteiger partial charge in [-0.05, 0) is 62.6 Å². The fraction of sp³-hybridized carbons (Fsp3) is 0.643. The number of carbonyl (C=O) groups is 1. The largest absolute Gasteiger partial charge is 0.338 e. The molecule has 0 aromatic carbocycles. The summed E-state index contributed by atoms with van der Waals surface area (Å²) < 4.78 is 1.98. The monoisotopic (exact) mass is 405 g/mol. The smallest absolute Gasteiger partial charge is 0.264 e. The van der Waals surface area contributed by atoms with Gasteiger partial charge in [-0.1, -0.05) is 19.3 Å². The van der Waals surface area contributed by atoms with Crippen molar-refractivity contribution in [1.29, 1.82) is 0 Å². The van der Waals surface area contributed by atoms with Crippen LogP contribution in [0.15, 0.2) is 14.3 Å². The van der Waals surface area contributed by atoms with Gasteiger partial charge in [-0.25, -0.2) is 0 Å². The minimum atomic E-state index is 0.209. The molecule has 2 aliphatic rings. The fourth-order valence-corrected chi connectivity index (χ4v) is 5.40. The van der Waals surface area contributed by atoms with Gasteiger partial charge in [-0.15, -0.1) is 11.3 Å². The first-order valence-electron chi connectivity index (χ1n) is 6.89. The van der Waals surface area contributed by atoms with Crippen molar-refractivity contribution in [2.24, 2.45) is 11.8 Å². The van der Waals surface area contributed by atoms with Crippen LogP contribution in [0.1, 0.15) is 41.8 Å². The number of thiophene rings is 1. The van der Waals surface area contributed by atoms with E-state index in [4.69, 9.17) is 0 Å². The maximum Gasteiger partial charge on any atom is 0.264 e. The third-order valence-electron chi connectivity index (χ3n) is 4.43. The molecular formula is C14H17Br2NOS. The third kappa shape index (κ3) is 2.93. The number of likely N-dealkylation sites (tertiary alicyclic amines) is 1. The van der Waals surface area contributed by atoms with Crippen LogP contribution in [0.3, 0.4) is 0 Å². The van der Waals surface area contributed by atoms with E-state index in [0.29, 0.717) is 0 Å². The van der Waals surface area contributed by atoms with E-state index in [2.05, 4.69) is 36.8 Å². The van der Waals surface area contributed by atoms with Crippen molar-refractivity contribution in [2.75, 3.05) is 13.1 Å². The molecule has 1 saturated heterocycles.